The Balaban J connectivity index is 1.62. The first-order valence-electron chi connectivity index (χ1n) is 7.79. The Labute approximate surface area is 150 Å². The zero-order valence-electron chi connectivity index (χ0n) is 13.3. The Bertz CT molecular complexity index is 701. The minimum Gasteiger partial charge on any atom is -0.375 e. The van der Waals surface area contributed by atoms with Gasteiger partial charge in [-0.15, -0.1) is 11.3 Å². The number of rotatable bonds is 3. The van der Waals surface area contributed by atoms with E-state index >= 15 is 0 Å². The average Bonchev–Trinajstić information content (AvgIpc) is 3.02. The fraction of sp³-hybridized carbons (Fsp3) is 0.643. The molecule has 3 rings (SSSR count). The van der Waals surface area contributed by atoms with E-state index in [1.807, 2.05) is 6.92 Å². The van der Waals surface area contributed by atoms with Gasteiger partial charge in [-0.3, -0.25) is 4.79 Å². The Morgan fingerprint density at radius 3 is 2.62 bits per heavy atom. The van der Waals surface area contributed by atoms with E-state index in [0.717, 1.165) is 11.3 Å². The molecule has 2 aliphatic heterocycles. The van der Waals surface area contributed by atoms with Gasteiger partial charge in [0.1, 0.15) is 10.3 Å². The highest BCUT2D eigenvalue weighted by Crippen LogP contribution is 2.28. The molecule has 1 N–H and O–H groups in total. The first-order chi connectivity index (χ1) is 11.4. The number of piperazine rings is 1. The molecule has 7 nitrogen and oxygen atoms in total. The lowest BCUT2D eigenvalue weighted by atomic mass is 10.1. The van der Waals surface area contributed by atoms with Gasteiger partial charge in [0.05, 0.1) is 17.0 Å². The van der Waals surface area contributed by atoms with E-state index in [2.05, 4.69) is 5.32 Å². The van der Waals surface area contributed by atoms with Crippen molar-refractivity contribution in [2.24, 2.45) is 0 Å². The van der Waals surface area contributed by atoms with Gasteiger partial charge in [0.25, 0.3) is 10.0 Å². The molecule has 1 amide bonds. The highest BCUT2D eigenvalue weighted by Gasteiger charge is 2.36. The first kappa shape index (κ1) is 18.1. The molecule has 2 fully saturated rings. The van der Waals surface area contributed by atoms with Crippen LogP contribution in [0.2, 0.25) is 4.34 Å². The van der Waals surface area contributed by atoms with E-state index in [1.165, 1.54) is 10.4 Å². The molecule has 10 heteroatoms. The molecular formula is C14H20ClN3O4S2. The zero-order chi connectivity index (χ0) is 17.3. The fourth-order valence-electron chi connectivity index (χ4n) is 2.92. The largest absolute Gasteiger partial charge is 0.375 e. The minimum atomic E-state index is -3.54. The number of nitrogens with zero attached hydrogens (tertiary/aromatic N) is 2. The van der Waals surface area contributed by atoms with Crippen LogP contribution in [0.4, 0.5) is 0 Å². The summed E-state index contributed by atoms with van der Waals surface area (Å²) in [6, 6.07) is 2.73. The summed E-state index contributed by atoms with van der Waals surface area (Å²) in [5.74, 6) is -0.0292. The first-order valence-corrected chi connectivity index (χ1v) is 10.4. The molecular weight excluding hydrogens is 374 g/mol. The Morgan fingerprint density at radius 2 is 2.04 bits per heavy atom. The smallest absolute Gasteiger partial charge is 0.252 e. The summed E-state index contributed by atoms with van der Waals surface area (Å²) >= 11 is 6.88. The maximum absolute atomic E-state index is 12.6. The second kappa shape index (κ2) is 7.27. The van der Waals surface area contributed by atoms with Crippen molar-refractivity contribution in [2.75, 3.05) is 39.3 Å². The topological polar surface area (TPSA) is 79.0 Å². The molecule has 0 unspecified atom stereocenters. The lowest BCUT2D eigenvalue weighted by molar-refractivity contribution is -0.140. The van der Waals surface area contributed by atoms with Gasteiger partial charge in [-0.05, 0) is 19.1 Å². The summed E-state index contributed by atoms with van der Waals surface area (Å²) in [4.78, 5) is 14.3. The van der Waals surface area contributed by atoms with Crippen LogP contribution in [-0.4, -0.2) is 75.0 Å². The van der Waals surface area contributed by atoms with Crippen LogP contribution >= 0.6 is 22.9 Å². The number of hydrogen-bond acceptors (Lipinski definition) is 6. The standard InChI is InChI=1S/C14H20ClN3O4S2/c1-10-13(16-4-9-22-10)14(19)17-5-7-18(8-6-17)24(20,21)12-3-2-11(15)23-12/h2-3,10,13,16H,4-9H2,1H3/t10-,13+/m1/s1. The zero-order valence-corrected chi connectivity index (χ0v) is 15.7. The van der Waals surface area contributed by atoms with Crippen molar-refractivity contribution < 1.29 is 17.9 Å². The molecule has 2 atom stereocenters. The summed E-state index contributed by atoms with van der Waals surface area (Å²) in [5.41, 5.74) is 0. The maximum atomic E-state index is 12.6. The number of nitrogens with one attached hydrogen (secondary N) is 1. The molecule has 0 aromatic carbocycles. The second-order valence-corrected chi connectivity index (χ2v) is 9.68. The van der Waals surface area contributed by atoms with Crippen LogP contribution in [0.1, 0.15) is 6.92 Å². The summed E-state index contributed by atoms with van der Waals surface area (Å²) < 4.78 is 32.7. The molecule has 2 aliphatic rings. The SMILES string of the molecule is C[C@H]1OCCN[C@@H]1C(=O)N1CCN(S(=O)(=O)c2ccc(Cl)s2)CC1. The van der Waals surface area contributed by atoms with Crippen LogP contribution in [0.5, 0.6) is 0 Å². The number of sulfonamides is 1. The van der Waals surface area contributed by atoms with Crippen molar-refractivity contribution in [3.63, 3.8) is 0 Å². The average molecular weight is 394 g/mol. The summed E-state index contributed by atoms with van der Waals surface area (Å²) in [6.45, 7) is 4.44. The Hall–Kier alpha value is -0.710. The van der Waals surface area contributed by atoms with Crippen LogP contribution in [0.25, 0.3) is 0 Å². The minimum absolute atomic E-state index is 0.0292. The van der Waals surface area contributed by atoms with E-state index in [-0.39, 0.29) is 35.4 Å². The van der Waals surface area contributed by atoms with Crippen molar-refractivity contribution >= 4 is 38.9 Å². The number of halogens is 1. The third-order valence-corrected chi connectivity index (χ3v) is 7.87. The number of amides is 1. The Morgan fingerprint density at radius 1 is 1.33 bits per heavy atom. The molecule has 0 spiro atoms. The summed E-state index contributed by atoms with van der Waals surface area (Å²) in [6.07, 6.45) is -0.179. The summed E-state index contributed by atoms with van der Waals surface area (Å²) in [7, 11) is -3.54. The highest BCUT2D eigenvalue weighted by atomic mass is 35.5. The lowest BCUT2D eigenvalue weighted by Crippen LogP contribution is -2.60. The molecule has 134 valence electrons. The lowest BCUT2D eigenvalue weighted by Gasteiger charge is -2.38. The molecule has 3 heterocycles. The van der Waals surface area contributed by atoms with E-state index < -0.39 is 10.0 Å². The fourth-order valence-corrected chi connectivity index (χ4v) is 5.98. The van der Waals surface area contributed by atoms with Crippen molar-refractivity contribution in [2.45, 2.75) is 23.3 Å². The summed E-state index contributed by atoms with van der Waals surface area (Å²) in [5, 5.41) is 3.17. The number of carbonyl (C=O) groups excluding carboxylic acids is 1. The molecule has 24 heavy (non-hydrogen) atoms. The van der Waals surface area contributed by atoms with Gasteiger partial charge in [-0.1, -0.05) is 11.6 Å². The van der Waals surface area contributed by atoms with Crippen LogP contribution in [-0.2, 0) is 19.6 Å². The molecule has 2 saturated heterocycles. The third-order valence-electron chi connectivity index (χ3n) is 4.28. The number of thiophene rings is 1. The van der Waals surface area contributed by atoms with Crippen molar-refractivity contribution in [1.29, 1.82) is 0 Å². The third kappa shape index (κ3) is 3.61. The van der Waals surface area contributed by atoms with Gasteiger partial charge in [0, 0.05) is 32.7 Å². The highest BCUT2D eigenvalue weighted by molar-refractivity contribution is 7.91. The van der Waals surface area contributed by atoms with Gasteiger partial charge in [-0.25, -0.2) is 8.42 Å². The van der Waals surface area contributed by atoms with Crippen molar-refractivity contribution in [1.82, 2.24) is 14.5 Å². The van der Waals surface area contributed by atoms with E-state index in [9.17, 15) is 13.2 Å². The van der Waals surface area contributed by atoms with Crippen molar-refractivity contribution in [3.8, 4) is 0 Å². The van der Waals surface area contributed by atoms with Crippen LogP contribution in [0.15, 0.2) is 16.3 Å². The van der Waals surface area contributed by atoms with Crippen LogP contribution < -0.4 is 5.32 Å². The van der Waals surface area contributed by atoms with Gasteiger partial charge in [0.2, 0.25) is 5.91 Å². The number of morpholine rings is 1. The number of hydrogen-bond donors (Lipinski definition) is 1. The van der Waals surface area contributed by atoms with E-state index in [0.29, 0.717) is 30.6 Å². The van der Waals surface area contributed by atoms with Crippen LogP contribution in [0, 0.1) is 0 Å². The predicted octanol–water partition coefficient (Wildman–Crippen LogP) is 0.611. The monoisotopic (exact) mass is 393 g/mol. The maximum Gasteiger partial charge on any atom is 0.252 e. The van der Waals surface area contributed by atoms with Gasteiger partial charge in [-0.2, -0.15) is 4.31 Å². The van der Waals surface area contributed by atoms with Crippen molar-refractivity contribution in [3.05, 3.63) is 16.5 Å². The van der Waals surface area contributed by atoms with Gasteiger partial charge >= 0.3 is 0 Å². The number of carbonyl (C=O) groups is 1. The second-order valence-electron chi connectivity index (χ2n) is 5.80. The molecule has 0 aliphatic carbocycles. The predicted molar refractivity (Wildman–Crippen MR) is 91.9 cm³/mol. The van der Waals surface area contributed by atoms with Gasteiger partial charge in [0.15, 0.2) is 0 Å². The molecule has 1 aromatic heterocycles. The molecule has 0 radical (unpaired) electrons. The van der Waals surface area contributed by atoms with Gasteiger partial charge < -0.3 is 15.0 Å². The van der Waals surface area contributed by atoms with E-state index in [4.69, 9.17) is 16.3 Å². The van der Waals surface area contributed by atoms with E-state index in [1.54, 1.807) is 11.0 Å². The van der Waals surface area contributed by atoms with Crippen LogP contribution in [0.3, 0.4) is 0 Å². The number of ether oxygens (including phenoxy) is 1. The molecule has 0 saturated carbocycles. The molecule has 0 bridgehead atoms. The quantitative estimate of drug-likeness (QED) is 0.814. The Kier molecular flexibility index (Phi) is 5.48. The normalized spacial score (nSPS) is 26.5. The molecule has 1 aromatic rings.